The van der Waals surface area contributed by atoms with E-state index in [0.29, 0.717) is 24.2 Å². The van der Waals surface area contributed by atoms with Crippen molar-refractivity contribution in [3.8, 4) is 11.5 Å². The maximum atomic E-state index is 10.3. The van der Waals surface area contributed by atoms with Crippen LogP contribution in [0.2, 0.25) is 0 Å². The fourth-order valence-corrected chi connectivity index (χ4v) is 0.885. The van der Waals surface area contributed by atoms with E-state index >= 15 is 0 Å². The highest BCUT2D eigenvalue weighted by molar-refractivity contribution is 5.76. The quantitative estimate of drug-likeness (QED) is 0.756. The van der Waals surface area contributed by atoms with Crippen LogP contribution in [0.5, 0.6) is 11.5 Å². The van der Waals surface area contributed by atoms with Gasteiger partial charge >= 0.3 is 0 Å². The molecule has 0 saturated heterocycles. The summed E-state index contributed by atoms with van der Waals surface area (Å²) >= 11 is 0. The molecule has 14 heavy (non-hydrogen) atoms. The summed E-state index contributed by atoms with van der Waals surface area (Å²) in [5.74, 6) is 0.407. The van der Waals surface area contributed by atoms with Crippen LogP contribution in [0.3, 0.4) is 0 Å². The van der Waals surface area contributed by atoms with E-state index in [4.69, 9.17) is 4.74 Å². The third-order valence-corrected chi connectivity index (χ3v) is 1.42. The maximum absolute atomic E-state index is 10.3. The fourth-order valence-electron chi connectivity index (χ4n) is 0.885. The third-order valence-electron chi connectivity index (χ3n) is 1.42. The van der Waals surface area contributed by atoms with Gasteiger partial charge in [0.15, 0.2) is 11.5 Å². The lowest BCUT2D eigenvalue weighted by molar-refractivity contribution is 0.112. The number of aromatic hydroxyl groups is 1. The van der Waals surface area contributed by atoms with Gasteiger partial charge in [-0.25, -0.2) is 0 Å². The minimum atomic E-state index is 0.00134. The normalized spacial score (nSPS) is 8.50. The van der Waals surface area contributed by atoms with Gasteiger partial charge in [-0.15, -0.1) is 0 Å². The Hall–Kier alpha value is -1.51. The van der Waals surface area contributed by atoms with Crippen LogP contribution in [0.25, 0.3) is 0 Å². The van der Waals surface area contributed by atoms with E-state index in [1.54, 1.807) is 12.1 Å². The zero-order chi connectivity index (χ0) is 11.0. The van der Waals surface area contributed by atoms with E-state index in [9.17, 15) is 9.90 Å². The average Bonchev–Trinajstić information content (AvgIpc) is 2.24. The van der Waals surface area contributed by atoms with Crippen molar-refractivity contribution in [2.24, 2.45) is 0 Å². The van der Waals surface area contributed by atoms with E-state index in [1.165, 1.54) is 6.07 Å². The standard InChI is InChI=1S/C9H10O3.C2H6/c1-2-12-9-4-3-7(6-10)5-8(9)11;1-2/h3-6,11H,2H2,1H3;1-2H3. The Balaban J connectivity index is 0.000000791. The summed E-state index contributed by atoms with van der Waals surface area (Å²) in [6.07, 6.45) is 0.676. The average molecular weight is 196 g/mol. The first kappa shape index (κ1) is 12.5. The lowest BCUT2D eigenvalue weighted by Crippen LogP contribution is -1.92. The Kier molecular flexibility index (Phi) is 6.20. The van der Waals surface area contributed by atoms with E-state index < -0.39 is 0 Å². The third kappa shape index (κ3) is 3.47. The van der Waals surface area contributed by atoms with Crippen LogP contribution in [0.1, 0.15) is 31.1 Å². The van der Waals surface area contributed by atoms with E-state index in [-0.39, 0.29) is 5.75 Å². The first-order chi connectivity index (χ1) is 6.77. The zero-order valence-corrected chi connectivity index (χ0v) is 8.78. The number of ether oxygens (including phenoxy) is 1. The van der Waals surface area contributed by atoms with Crippen LogP contribution < -0.4 is 4.74 Å². The lowest BCUT2D eigenvalue weighted by atomic mass is 10.2. The van der Waals surface area contributed by atoms with Crippen molar-refractivity contribution in [2.45, 2.75) is 20.8 Å². The molecule has 0 saturated carbocycles. The highest BCUT2D eigenvalue weighted by atomic mass is 16.5. The van der Waals surface area contributed by atoms with Gasteiger partial charge in [-0.3, -0.25) is 4.79 Å². The molecule has 78 valence electrons. The lowest BCUT2D eigenvalue weighted by Gasteiger charge is -2.04. The Bertz CT molecular complexity index is 282. The molecule has 0 heterocycles. The van der Waals surface area contributed by atoms with Gasteiger partial charge in [0, 0.05) is 5.56 Å². The topological polar surface area (TPSA) is 46.5 Å². The molecule has 1 N–H and O–H groups in total. The van der Waals surface area contributed by atoms with Crippen molar-refractivity contribution in [2.75, 3.05) is 6.61 Å². The minimum Gasteiger partial charge on any atom is -0.504 e. The summed E-state index contributed by atoms with van der Waals surface area (Å²) in [5.41, 5.74) is 0.441. The van der Waals surface area contributed by atoms with Gasteiger partial charge in [0.25, 0.3) is 0 Å². The molecule has 1 aromatic carbocycles. The monoisotopic (exact) mass is 196 g/mol. The van der Waals surface area contributed by atoms with Gasteiger partial charge in [0.1, 0.15) is 6.29 Å². The fraction of sp³-hybridized carbons (Fsp3) is 0.364. The number of hydrogen-bond donors (Lipinski definition) is 1. The molecular weight excluding hydrogens is 180 g/mol. The number of phenolic OH excluding ortho intramolecular Hbond substituents is 1. The second-order valence-corrected chi connectivity index (χ2v) is 2.28. The van der Waals surface area contributed by atoms with Gasteiger partial charge in [-0.05, 0) is 25.1 Å². The van der Waals surface area contributed by atoms with Crippen molar-refractivity contribution < 1.29 is 14.6 Å². The molecule has 0 unspecified atom stereocenters. The summed E-state index contributed by atoms with van der Waals surface area (Å²) in [5, 5.41) is 9.27. The predicted octanol–water partition coefficient (Wildman–Crippen LogP) is 2.63. The molecule has 0 aromatic heterocycles. The van der Waals surface area contributed by atoms with Crippen LogP contribution in [0, 0.1) is 0 Å². The van der Waals surface area contributed by atoms with Gasteiger partial charge < -0.3 is 9.84 Å². The first-order valence-corrected chi connectivity index (χ1v) is 4.69. The summed E-state index contributed by atoms with van der Waals surface area (Å²) in [6.45, 7) is 6.32. The first-order valence-electron chi connectivity index (χ1n) is 4.69. The molecule has 0 spiro atoms. The van der Waals surface area contributed by atoms with E-state index in [0.717, 1.165) is 0 Å². The van der Waals surface area contributed by atoms with Gasteiger partial charge in [0.2, 0.25) is 0 Å². The van der Waals surface area contributed by atoms with Crippen LogP contribution in [0.15, 0.2) is 18.2 Å². The van der Waals surface area contributed by atoms with Gasteiger partial charge in [0.05, 0.1) is 6.61 Å². The van der Waals surface area contributed by atoms with Crippen LogP contribution >= 0.6 is 0 Å². The smallest absolute Gasteiger partial charge is 0.160 e. The number of carbonyl (C=O) groups excluding carboxylic acids is 1. The molecule has 3 nitrogen and oxygen atoms in total. The summed E-state index contributed by atoms with van der Waals surface area (Å²) in [7, 11) is 0. The van der Waals surface area contributed by atoms with Crippen molar-refractivity contribution >= 4 is 6.29 Å². The molecule has 1 rings (SSSR count). The number of phenols is 1. The second-order valence-electron chi connectivity index (χ2n) is 2.28. The zero-order valence-electron chi connectivity index (χ0n) is 8.78. The number of benzene rings is 1. The minimum absolute atomic E-state index is 0.00134. The molecule has 3 heteroatoms. The SMILES string of the molecule is CC.CCOc1ccc(C=O)cc1O. The molecule has 0 aliphatic carbocycles. The molecule has 1 aromatic rings. The molecule has 0 fully saturated rings. The Morgan fingerprint density at radius 1 is 1.43 bits per heavy atom. The molecular formula is C11H16O3. The summed E-state index contributed by atoms with van der Waals surface area (Å²) in [4.78, 5) is 10.3. The second kappa shape index (κ2) is 6.95. The van der Waals surface area contributed by atoms with Crippen molar-refractivity contribution in [1.29, 1.82) is 0 Å². The van der Waals surface area contributed by atoms with Crippen LogP contribution in [-0.4, -0.2) is 18.0 Å². The van der Waals surface area contributed by atoms with E-state index in [1.807, 2.05) is 20.8 Å². The highest BCUT2D eigenvalue weighted by Gasteiger charge is 2.01. The Morgan fingerprint density at radius 2 is 2.07 bits per heavy atom. The maximum Gasteiger partial charge on any atom is 0.160 e. The molecule has 0 aliphatic heterocycles. The van der Waals surface area contributed by atoms with Crippen LogP contribution in [-0.2, 0) is 0 Å². The summed E-state index contributed by atoms with van der Waals surface area (Å²) < 4.78 is 5.07. The largest absolute Gasteiger partial charge is 0.504 e. The molecule has 0 aliphatic rings. The number of aldehydes is 1. The number of rotatable bonds is 3. The van der Waals surface area contributed by atoms with E-state index in [2.05, 4.69) is 0 Å². The Labute approximate surface area is 84.3 Å². The highest BCUT2D eigenvalue weighted by Crippen LogP contribution is 2.25. The van der Waals surface area contributed by atoms with Crippen molar-refractivity contribution in [3.05, 3.63) is 23.8 Å². The molecule has 0 radical (unpaired) electrons. The van der Waals surface area contributed by atoms with Crippen LogP contribution in [0.4, 0.5) is 0 Å². The Morgan fingerprint density at radius 3 is 2.50 bits per heavy atom. The van der Waals surface area contributed by atoms with Gasteiger partial charge in [-0.2, -0.15) is 0 Å². The number of carbonyl (C=O) groups is 1. The molecule has 0 bridgehead atoms. The molecule has 0 amide bonds. The van der Waals surface area contributed by atoms with Gasteiger partial charge in [-0.1, -0.05) is 13.8 Å². The molecule has 0 atom stereocenters. The van der Waals surface area contributed by atoms with Crippen molar-refractivity contribution in [3.63, 3.8) is 0 Å². The number of hydrogen-bond acceptors (Lipinski definition) is 3. The van der Waals surface area contributed by atoms with Crippen molar-refractivity contribution in [1.82, 2.24) is 0 Å². The predicted molar refractivity (Wildman–Crippen MR) is 56.0 cm³/mol. The summed E-state index contributed by atoms with van der Waals surface area (Å²) in [6, 6.07) is 4.54.